The molecule has 2 heteroatoms. The molecule has 10 heavy (non-hydrogen) atoms. The van der Waals surface area contributed by atoms with E-state index in [1.165, 1.54) is 6.08 Å². The number of hydrogen-bond donors (Lipinski definition) is 2. The summed E-state index contributed by atoms with van der Waals surface area (Å²) in [6, 6.07) is 0. The van der Waals surface area contributed by atoms with E-state index in [9.17, 15) is 0 Å². The molecule has 0 aromatic carbocycles. The molecule has 0 radical (unpaired) electrons. The predicted molar refractivity (Wildman–Crippen MR) is 41.4 cm³/mol. The number of hydrogen-bond acceptors (Lipinski definition) is 2. The van der Waals surface area contributed by atoms with Crippen LogP contribution >= 0.6 is 0 Å². The minimum absolute atomic E-state index is 0.879. The lowest BCUT2D eigenvalue weighted by molar-refractivity contribution is 0.00216. The molecule has 0 saturated heterocycles. The van der Waals surface area contributed by atoms with Crippen molar-refractivity contribution in [2.75, 3.05) is 0 Å². The lowest BCUT2D eigenvalue weighted by Crippen LogP contribution is -1.96. The molecular weight excluding hydrogens is 128 g/mol. The predicted octanol–water partition coefficient (Wildman–Crippen LogP) is 1.21. The molecule has 0 heterocycles. The SMILES string of the molecule is C=CCCC/C=C/C(O)O. The summed E-state index contributed by atoms with van der Waals surface area (Å²) >= 11 is 0. The van der Waals surface area contributed by atoms with E-state index in [0.717, 1.165) is 19.3 Å². The van der Waals surface area contributed by atoms with Crippen LogP contribution in [0.4, 0.5) is 0 Å². The number of allylic oxidation sites excluding steroid dienone is 2. The Morgan fingerprint density at radius 3 is 2.50 bits per heavy atom. The molecule has 0 aromatic heterocycles. The standard InChI is InChI=1S/C8H14O2/c1-2-3-4-5-6-7-8(9)10/h2,6-10H,1,3-5H2/b7-6+. The van der Waals surface area contributed by atoms with Crippen molar-refractivity contribution in [2.45, 2.75) is 25.6 Å². The van der Waals surface area contributed by atoms with Crippen molar-refractivity contribution in [3.63, 3.8) is 0 Å². The van der Waals surface area contributed by atoms with Crippen LogP contribution in [0.15, 0.2) is 24.8 Å². The third kappa shape index (κ3) is 7.40. The zero-order chi connectivity index (χ0) is 7.82. The first-order valence-electron chi connectivity index (χ1n) is 3.41. The van der Waals surface area contributed by atoms with Gasteiger partial charge in [0.1, 0.15) is 0 Å². The van der Waals surface area contributed by atoms with Crippen molar-refractivity contribution in [1.82, 2.24) is 0 Å². The highest BCUT2D eigenvalue weighted by Crippen LogP contribution is 1.96. The third-order valence-electron chi connectivity index (χ3n) is 1.09. The minimum Gasteiger partial charge on any atom is -0.365 e. The fraction of sp³-hybridized carbons (Fsp3) is 0.500. The van der Waals surface area contributed by atoms with E-state index in [0.29, 0.717) is 0 Å². The molecular formula is C8H14O2. The molecule has 0 aliphatic carbocycles. The maximum Gasteiger partial charge on any atom is 0.171 e. The molecule has 0 unspecified atom stereocenters. The molecule has 0 spiro atoms. The Labute approximate surface area is 61.5 Å². The first-order chi connectivity index (χ1) is 4.77. The van der Waals surface area contributed by atoms with Crippen LogP contribution in [-0.2, 0) is 0 Å². The Bertz CT molecular complexity index is 106. The largest absolute Gasteiger partial charge is 0.365 e. The smallest absolute Gasteiger partial charge is 0.171 e. The van der Waals surface area contributed by atoms with Gasteiger partial charge in [-0.1, -0.05) is 12.2 Å². The van der Waals surface area contributed by atoms with E-state index in [-0.39, 0.29) is 0 Å². The minimum atomic E-state index is -1.30. The van der Waals surface area contributed by atoms with E-state index in [1.54, 1.807) is 6.08 Å². The molecule has 2 nitrogen and oxygen atoms in total. The molecule has 0 amide bonds. The van der Waals surface area contributed by atoms with Crippen LogP contribution in [0, 0.1) is 0 Å². The lowest BCUT2D eigenvalue weighted by Gasteiger charge is -1.92. The Morgan fingerprint density at radius 2 is 2.00 bits per heavy atom. The number of rotatable bonds is 5. The van der Waals surface area contributed by atoms with Crippen molar-refractivity contribution in [3.05, 3.63) is 24.8 Å². The zero-order valence-corrected chi connectivity index (χ0v) is 6.03. The fourth-order valence-corrected chi connectivity index (χ4v) is 0.598. The Balaban J connectivity index is 3.10. The highest BCUT2D eigenvalue weighted by Gasteiger charge is 1.85. The summed E-state index contributed by atoms with van der Waals surface area (Å²) < 4.78 is 0. The number of aliphatic hydroxyl groups is 2. The molecule has 0 rings (SSSR count). The van der Waals surface area contributed by atoms with E-state index in [4.69, 9.17) is 10.2 Å². The molecule has 0 bridgehead atoms. The van der Waals surface area contributed by atoms with Crippen LogP contribution in [0.5, 0.6) is 0 Å². The molecule has 0 fully saturated rings. The molecule has 0 atom stereocenters. The van der Waals surface area contributed by atoms with Gasteiger partial charge in [0, 0.05) is 0 Å². The first kappa shape index (κ1) is 9.40. The van der Waals surface area contributed by atoms with Gasteiger partial charge in [0.2, 0.25) is 0 Å². The van der Waals surface area contributed by atoms with Gasteiger partial charge in [0.25, 0.3) is 0 Å². The second-order valence-electron chi connectivity index (χ2n) is 2.06. The van der Waals surface area contributed by atoms with Crippen LogP contribution in [0.3, 0.4) is 0 Å². The van der Waals surface area contributed by atoms with Gasteiger partial charge in [-0.3, -0.25) is 0 Å². The van der Waals surface area contributed by atoms with Crippen LogP contribution in [0.1, 0.15) is 19.3 Å². The van der Waals surface area contributed by atoms with Crippen molar-refractivity contribution < 1.29 is 10.2 Å². The lowest BCUT2D eigenvalue weighted by atomic mass is 10.2. The van der Waals surface area contributed by atoms with Gasteiger partial charge in [0.05, 0.1) is 0 Å². The van der Waals surface area contributed by atoms with E-state index in [2.05, 4.69) is 6.58 Å². The van der Waals surface area contributed by atoms with Gasteiger partial charge >= 0.3 is 0 Å². The van der Waals surface area contributed by atoms with Crippen molar-refractivity contribution in [3.8, 4) is 0 Å². The summed E-state index contributed by atoms with van der Waals surface area (Å²) in [5, 5.41) is 16.7. The summed E-state index contributed by atoms with van der Waals surface area (Å²) in [4.78, 5) is 0. The van der Waals surface area contributed by atoms with E-state index in [1.807, 2.05) is 6.08 Å². The van der Waals surface area contributed by atoms with Gasteiger partial charge in [0.15, 0.2) is 6.29 Å². The summed E-state index contributed by atoms with van der Waals surface area (Å²) in [6.07, 6.45) is 6.55. The zero-order valence-electron chi connectivity index (χ0n) is 6.03. The Kier molecular flexibility index (Phi) is 6.13. The monoisotopic (exact) mass is 142 g/mol. The highest BCUT2D eigenvalue weighted by atomic mass is 16.5. The van der Waals surface area contributed by atoms with Gasteiger partial charge in [-0.15, -0.1) is 6.58 Å². The van der Waals surface area contributed by atoms with Crippen molar-refractivity contribution in [2.24, 2.45) is 0 Å². The molecule has 2 N–H and O–H groups in total. The van der Waals surface area contributed by atoms with Crippen LogP contribution < -0.4 is 0 Å². The second kappa shape index (κ2) is 6.52. The van der Waals surface area contributed by atoms with Gasteiger partial charge in [-0.25, -0.2) is 0 Å². The normalized spacial score (nSPS) is 11.1. The van der Waals surface area contributed by atoms with Crippen molar-refractivity contribution >= 4 is 0 Å². The van der Waals surface area contributed by atoms with Gasteiger partial charge in [-0.05, 0) is 25.3 Å². The molecule has 0 saturated carbocycles. The van der Waals surface area contributed by atoms with Crippen LogP contribution in [0.2, 0.25) is 0 Å². The Morgan fingerprint density at radius 1 is 1.30 bits per heavy atom. The second-order valence-corrected chi connectivity index (χ2v) is 2.06. The van der Waals surface area contributed by atoms with Gasteiger partial charge in [-0.2, -0.15) is 0 Å². The molecule has 58 valence electrons. The van der Waals surface area contributed by atoms with Crippen LogP contribution in [0.25, 0.3) is 0 Å². The Hall–Kier alpha value is -0.600. The van der Waals surface area contributed by atoms with Crippen LogP contribution in [-0.4, -0.2) is 16.5 Å². The highest BCUT2D eigenvalue weighted by molar-refractivity contribution is 4.84. The third-order valence-corrected chi connectivity index (χ3v) is 1.09. The number of aliphatic hydroxyl groups excluding tert-OH is 1. The summed E-state index contributed by atoms with van der Waals surface area (Å²) in [6.45, 7) is 3.57. The molecule has 0 aliphatic rings. The van der Waals surface area contributed by atoms with E-state index >= 15 is 0 Å². The average molecular weight is 142 g/mol. The quantitative estimate of drug-likeness (QED) is 0.344. The van der Waals surface area contributed by atoms with E-state index < -0.39 is 6.29 Å². The number of unbranched alkanes of at least 4 members (excludes halogenated alkanes) is 2. The molecule has 0 aliphatic heterocycles. The topological polar surface area (TPSA) is 40.5 Å². The fourth-order valence-electron chi connectivity index (χ4n) is 0.598. The summed E-state index contributed by atoms with van der Waals surface area (Å²) in [5.41, 5.74) is 0. The average Bonchev–Trinajstić information content (AvgIpc) is 1.87. The van der Waals surface area contributed by atoms with Gasteiger partial charge < -0.3 is 10.2 Å². The maximum absolute atomic E-state index is 8.36. The first-order valence-corrected chi connectivity index (χ1v) is 3.41. The van der Waals surface area contributed by atoms with Crippen molar-refractivity contribution in [1.29, 1.82) is 0 Å². The molecule has 0 aromatic rings. The maximum atomic E-state index is 8.36. The summed E-state index contributed by atoms with van der Waals surface area (Å²) in [5.74, 6) is 0. The summed E-state index contributed by atoms with van der Waals surface area (Å²) in [7, 11) is 0.